The molecule has 0 N–H and O–H groups in total. The zero-order valence-electron chi connectivity index (χ0n) is 12.9. The summed E-state index contributed by atoms with van der Waals surface area (Å²) in [5.41, 5.74) is 1.18. The van der Waals surface area contributed by atoms with Crippen LogP contribution in [0.5, 0.6) is 0 Å². The molecule has 7 nitrogen and oxygen atoms in total. The van der Waals surface area contributed by atoms with E-state index in [1.54, 1.807) is 7.05 Å². The topological polar surface area (TPSA) is 89.2 Å². The zero-order valence-corrected chi connectivity index (χ0v) is 15.3. The minimum Gasteiger partial charge on any atom is -0.286 e. The van der Waals surface area contributed by atoms with Crippen molar-refractivity contribution < 1.29 is 9.72 Å². The van der Waals surface area contributed by atoms with Crippen LogP contribution in [-0.4, -0.2) is 28.1 Å². The SMILES string of the molecule is CN(C(=O)c1ccc([N+](=O)[O-])cc1)c1nnc(-c2ccc(Br)cc2)s1. The minimum atomic E-state index is -0.507. The lowest BCUT2D eigenvalue weighted by Crippen LogP contribution is -2.26. The predicted molar refractivity (Wildman–Crippen MR) is 98.9 cm³/mol. The number of nitro benzene ring substituents is 1. The standard InChI is InChI=1S/C16H11BrN4O3S/c1-20(15(22)11-4-8-13(9-5-11)21(23)24)16-19-18-14(25-16)10-2-6-12(17)7-3-10/h2-9H,1H3. The Morgan fingerprint density at radius 3 is 2.36 bits per heavy atom. The monoisotopic (exact) mass is 418 g/mol. The van der Waals surface area contributed by atoms with Crippen molar-refractivity contribution in [3.05, 3.63) is 68.7 Å². The second-order valence-corrected chi connectivity index (χ2v) is 6.94. The van der Waals surface area contributed by atoms with Crippen LogP contribution in [0.1, 0.15) is 10.4 Å². The molecule has 0 spiro atoms. The largest absolute Gasteiger partial charge is 0.286 e. The molecular weight excluding hydrogens is 408 g/mol. The molecule has 1 heterocycles. The van der Waals surface area contributed by atoms with E-state index in [1.807, 2.05) is 24.3 Å². The quantitative estimate of drug-likeness (QED) is 0.468. The third kappa shape index (κ3) is 3.72. The number of amides is 1. The van der Waals surface area contributed by atoms with Gasteiger partial charge in [-0.1, -0.05) is 39.4 Å². The molecule has 2 aromatic carbocycles. The number of nitrogens with zero attached hydrogens (tertiary/aromatic N) is 4. The van der Waals surface area contributed by atoms with Crippen LogP contribution in [-0.2, 0) is 0 Å². The average Bonchev–Trinajstić information content (AvgIpc) is 3.11. The highest BCUT2D eigenvalue weighted by atomic mass is 79.9. The number of nitro groups is 1. The van der Waals surface area contributed by atoms with Crippen molar-refractivity contribution in [2.75, 3.05) is 11.9 Å². The third-order valence-corrected chi connectivity index (χ3v) is 5.00. The molecule has 0 bridgehead atoms. The van der Waals surface area contributed by atoms with Gasteiger partial charge in [0.25, 0.3) is 11.6 Å². The number of anilines is 1. The van der Waals surface area contributed by atoms with Crippen molar-refractivity contribution in [2.24, 2.45) is 0 Å². The van der Waals surface area contributed by atoms with Gasteiger partial charge in [-0.05, 0) is 24.3 Å². The Kier molecular flexibility index (Phi) is 4.86. The van der Waals surface area contributed by atoms with Gasteiger partial charge in [-0.15, -0.1) is 10.2 Å². The third-order valence-electron chi connectivity index (χ3n) is 3.42. The molecule has 0 unspecified atom stereocenters. The molecule has 0 aliphatic rings. The van der Waals surface area contributed by atoms with Crippen LogP contribution in [0.4, 0.5) is 10.8 Å². The maximum Gasteiger partial charge on any atom is 0.269 e. The van der Waals surface area contributed by atoms with Crippen LogP contribution in [0, 0.1) is 10.1 Å². The molecule has 3 aromatic rings. The van der Waals surface area contributed by atoms with Gasteiger partial charge >= 0.3 is 0 Å². The lowest BCUT2D eigenvalue weighted by molar-refractivity contribution is -0.384. The van der Waals surface area contributed by atoms with E-state index in [9.17, 15) is 14.9 Å². The van der Waals surface area contributed by atoms with Crippen molar-refractivity contribution in [3.8, 4) is 10.6 Å². The Balaban J connectivity index is 1.80. The normalized spacial score (nSPS) is 10.5. The van der Waals surface area contributed by atoms with E-state index in [2.05, 4.69) is 26.1 Å². The smallest absolute Gasteiger partial charge is 0.269 e. The molecule has 9 heteroatoms. The lowest BCUT2D eigenvalue weighted by Gasteiger charge is -2.12. The first-order chi connectivity index (χ1) is 12.0. The Morgan fingerprint density at radius 2 is 1.76 bits per heavy atom. The van der Waals surface area contributed by atoms with Gasteiger partial charge in [0.05, 0.1) is 4.92 Å². The second kappa shape index (κ2) is 7.08. The summed E-state index contributed by atoms with van der Waals surface area (Å²) in [6, 6.07) is 13.1. The molecule has 1 aromatic heterocycles. The number of hydrogen-bond donors (Lipinski definition) is 0. The minimum absolute atomic E-state index is 0.0624. The lowest BCUT2D eigenvalue weighted by atomic mass is 10.2. The highest BCUT2D eigenvalue weighted by molar-refractivity contribution is 9.10. The summed E-state index contributed by atoms with van der Waals surface area (Å²) in [6.07, 6.45) is 0. The zero-order chi connectivity index (χ0) is 18.0. The van der Waals surface area contributed by atoms with Gasteiger partial charge < -0.3 is 0 Å². The van der Waals surface area contributed by atoms with Crippen molar-refractivity contribution in [1.29, 1.82) is 0 Å². The summed E-state index contributed by atoms with van der Waals surface area (Å²) in [6.45, 7) is 0. The Bertz CT molecular complexity index is 925. The Hall–Kier alpha value is -2.65. The molecule has 0 saturated heterocycles. The summed E-state index contributed by atoms with van der Waals surface area (Å²) >= 11 is 4.67. The summed E-state index contributed by atoms with van der Waals surface area (Å²) in [7, 11) is 1.59. The van der Waals surface area contributed by atoms with E-state index in [0.29, 0.717) is 15.7 Å². The Morgan fingerprint density at radius 1 is 1.12 bits per heavy atom. The van der Waals surface area contributed by atoms with Crippen molar-refractivity contribution >= 4 is 44.0 Å². The summed E-state index contributed by atoms with van der Waals surface area (Å²) < 4.78 is 0.964. The van der Waals surface area contributed by atoms with Gasteiger partial charge in [-0.2, -0.15) is 0 Å². The highest BCUT2D eigenvalue weighted by Gasteiger charge is 2.19. The first-order valence-corrected chi connectivity index (χ1v) is 8.68. The summed E-state index contributed by atoms with van der Waals surface area (Å²) in [4.78, 5) is 24.1. The number of halogens is 1. The van der Waals surface area contributed by atoms with Crippen LogP contribution in [0.25, 0.3) is 10.6 Å². The number of carbonyl (C=O) groups excluding carboxylic acids is 1. The fourth-order valence-corrected chi connectivity index (χ4v) is 3.14. The van der Waals surface area contributed by atoms with Gasteiger partial charge in [0.15, 0.2) is 0 Å². The van der Waals surface area contributed by atoms with Crippen molar-refractivity contribution in [1.82, 2.24) is 10.2 Å². The highest BCUT2D eigenvalue weighted by Crippen LogP contribution is 2.29. The summed E-state index contributed by atoms with van der Waals surface area (Å²) in [5.74, 6) is -0.312. The van der Waals surface area contributed by atoms with Gasteiger partial charge in [-0.3, -0.25) is 19.8 Å². The van der Waals surface area contributed by atoms with E-state index in [-0.39, 0.29) is 11.6 Å². The maximum atomic E-state index is 12.5. The van der Waals surface area contributed by atoms with Crippen LogP contribution in [0.3, 0.4) is 0 Å². The first-order valence-electron chi connectivity index (χ1n) is 7.07. The van der Waals surface area contributed by atoms with Gasteiger partial charge in [0, 0.05) is 34.8 Å². The number of benzene rings is 2. The number of rotatable bonds is 4. The first kappa shape index (κ1) is 17.2. The van der Waals surface area contributed by atoms with E-state index < -0.39 is 4.92 Å². The van der Waals surface area contributed by atoms with Crippen LogP contribution in [0.2, 0.25) is 0 Å². The molecular formula is C16H11BrN4O3S. The van der Waals surface area contributed by atoms with Crippen LogP contribution in [0.15, 0.2) is 53.0 Å². The number of carbonyl (C=O) groups is 1. The summed E-state index contributed by atoms with van der Waals surface area (Å²) in [5, 5.41) is 20.0. The molecule has 0 saturated carbocycles. The fraction of sp³-hybridized carbons (Fsp3) is 0.0625. The molecule has 25 heavy (non-hydrogen) atoms. The van der Waals surface area contributed by atoms with E-state index >= 15 is 0 Å². The van der Waals surface area contributed by atoms with Gasteiger partial charge in [0.1, 0.15) is 5.01 Å². The van der Waals surface area contributed by atoms with Gasteiger partial charge in [-0.25, -0.2) is 0 Å². The van der Waals surface area contributed by atoms with E-state index in [4.69, 9.17) is 0 Å². The predicted octanol–water partition coefficient (Wildman–Crippen LogP) is 4.15. The van der Waals surface area contributed by atoms with Crippen LogP contribution < -0.4 is 4.90 Å². The average molecular weight is 419 g/mol. The molecule has 126 valence electrons. The number of aromatic nitrogens is 2. The molecule has 3 rings (SSSR count). The number of hydrogen-bond acceptors (Lipinski definition) is 6. The molecule has 0 aliphatic carbocycles. The van der Waals surface area contributed by atoms with Crippen molar-refractivity contribution in [2.45, 2.75) is 0 Å². The van der Waals surface area contributed by atoms with E-state index in [0.717, 1.165) is 10.0 Å². The molecule has 1 amide bonds. The van der Waals surface area contributed by atoms with Gasteiger partial charge in [0.2, 0.25) is 5.13 Å². The molecule has 0 fully saturated rings. The van der Waals surface area contributed by atoms with E-state index in [1.165, 1.54) is 40.5 Å². The second-order valence-electron chi connectivity index (χ2n) is 5.06. The molecule has 0 aliphatic heterocycles. The van der Waals surface area contributed by atoms with Crippen molar-refractivity contribution in [3.63, 3.8) is 0 Å². The fourth-order valence-electron chi connectivity index (χ4n) is 2.07. The Labute approximate surface area is 155 Å². The molecule has 0 radical (unpaired) electrons. The van der Waals surface area contributed by atoms with Crippen LogP contribution >= 0.6 is 27.3 Å². The molecule has 0 atom stereocenters. The maximum absolute atomic E-state index is 12.5. The number of non-ortho nitro benzene ring substituents is 1.